The van der Waals surface area contributed by atoms with Crippen molar-refractivity contribution in [3.63, 3.8) is 0 Å². The molecule has 0 heterocycles. The molecule has 0 bridgehead atoms. The number of nitrogens with zero attached hydrogens (tertiary/aromatic N) is 1. The van der Waals surface area contributed by atoms with Gasteiger partial charge in [-0.3, -0.25) is 9.59 Å². The van der Waals surface area contributed by atoms with Gasteiger partial charge in [0.1, 0.15) is 0 Å². The molecule has 1 fully saturated rings. The molecule has 0 spiro atoms. The van der Waals surface area contributed by atoms with Crippen LogP contribution in [-0.4, -0.2) is 23.3 Å². The molecule has 5 nitrogen and oxygen atoms in total. The maximum atomic E-state index is 12.2. The normalized spacial score (nSPS) is 14.7. The van der Waals surface area contributed by atoms with Crippen molar-refractivity contribution in [1.82, 2.24) is 4.90 Å². The lowest BCUT2D eigenvalue weighted by Crippen LogP contribution is -2.42. The van der Waals surface area contributed by atoms with Crippen molar-refractivity contribution >= 4 is 17.5 Å². The molecule has 0 saturated heterocycles. The number of primary amides is 1. The average Bonchev–Trinajstić information content (AvgIpc) is 2.28. The van der Waals surface area contributed by atoms with Gasteiger partial charge in [0.25, 0.3) is 0 Å². The van der Waals surface area contributed by atoms with E-state index in [0.717, 1.165) is 24.8 Å². The fourth-order valence-corrected chi connectivity index (χ4v) is 2.16. The molecule has 2 rings (SSSR count). The highest BCUT2D eigenvalue weighted by atomic mass is 16.2. The topological polar surface area (TPSA) is 89.4 Å². The Morgan fingerprint density at radius 1 is 1.21 bits per heavy atom. The number of amides is 2. The minimum atomic E-state index is -0.483. The maximum absolute atomic E-state index is 12.2. The molecule has 1 aliphatic carbocycles. The minimum absolute atomic E-state index is 0.0281. The van der Waals surface area contributed by atoms with E-state index in [4.69, 9.17) is 11.5 Å². The molecule has 0 aromatic heterocycles. The molecule has 102 valence electrons. The third-order valence-electron chi connectivity index (χ3n) is 3.47. The molecule has 4 N–H and O–H groups in total. The number of carbonyl (C=O) groups is 2. The number of nitrogen functional groups attached to an aromatic ring is 1. The summed E-state index contributed by atoms with van der Waals surface area (Å²) in [6.07, 6.45) is 2.91. The first kappa shape index (κ1) is 13.4. The highest BCUT2D eigenvalue weighted by Crippen LogP contribution is 2.28. The van der Waals surface area contributed by atoms with E-state index >= 15 is 0 Å². The summed E-state index contributed by atoms with van der Waals surface area (Å²) < 4.78 is 0. The van der Waals surface area contributed by atoms with Crippen LogP contribution in [-0.2, 0) is 16.1 Å². The fourth-order valence-electron chi connectivity index (χ4n) is 2.16. The van der Waals surface area contributed by atoms with Crippen LogP contribution in [0, 0.1) is 5.92 Å². The van der Waals surface area contributed by atoms with Gasteiger partial charge in [0.05, 0.1) is 6.54 Å². The van der Waals surface area contributed by atoms with Gasteiger partial charge in [0, 0.05) is 18.2 Å². The Labute approximate surface area is 112 Å². The van der Waals surface area contributed by atoms with Crippen LogP contribution in [0.1, 0.15) is 24.8 Å². The predicted octanol–water partition coefficient (Wildman–Crippen LogP) is 0.883. The van der Waals surface area contributed by atoms with E-state index in [1.54, 1.807) is 12.1 Å². The van der Waals surface area contributed by atoms with E-state index in [1.165, 1.54) is 4.90 Å². The van der Waals surface area contributed by atoms with Gasteiger partial charge in [-0.2, -0.15) is 0 Å². The van der Waals surface area contributed by atoms with Crippen LogP contribution in [0.4, 0.5) is 5.69 Å². The minimum Gasteiger partial charge on any atom is -0.399 e. The highest BCUT2D eigenvalue weighted by Gasteiger charge is 2.30. The molecule has 1 aliphatic rings. The first-order valence-electron chi connectivity index (χ1n) is 6.48. The van der Waals surface area contributed by atoms with E-state index in [1.807, 2.05) is 12.1 Å². The largest absolute Gasteiger partial charge is 0.399 e. The Balaban J connectivity index is 2.06. The molecule has 0 aliphatic heterocycles. The molecule has 1 saturated carbocycles. The van der Waals surface area contributed by atoms with E-state index in [-0.39, 0.29) is 18.4 Å². The fraction of sp³-hybridized carbons (Fsp3) is 0.429. The summed E-state index contributed by atoms with van der Waals surface area (Å²) in [6, 6.07) is 7.28. The Bertz CT molecular complexity index is 466. The number of benzene rings is 1. The zero-order valence-electron chi connectivity index (χ0n) is 10.8. The lowest BCUT2D eigenvalue weighted by atomic mass is 9.84. The Morgan fingerprint density at radius 3 is 2.32 bits per heavy atom. The van der Waals surface area contributed by atoms with Gasteiger partial charge >= 0.3 is 0 Å². The van der Waals surface area contributed by atoms with Gasteiger partial charge in [-0.25, -0.2) is 0 Å². The zero-order chi connectivity index (χ0) is 13.8. The number of carbonyl (C=O) groups excluding carboxylic acids is 2. The Morgan fingerprint density at radius 2 is 1.84 bits per heavy atom. The summed E-state index contributed by atoms with van der Waals surface area (Å²) >= 11 is 0. The van der Waals surface area contributed by atoms with E-state index in [2.05, 4.69) is 0 Å². The van der Waals surface area contributed by atoms with Crippen LogP contribution in [0.25, 0.3) is 0 Å². The summed E-state index contributed by atoms with van der Waals surface area (Å²) in [6.45, 7) is 0.373. The number of nitrogens with two attached hydrogens (primary N) is 2. The molecule has 0 atom stereocenters. The lowest BCUT2D eigenvalue weighted by Gasteiger charge is -2.31. The monoisotopic (exact) mass is 261 g/mol. The van der Waals surface area contributed by atoms with Crippen molar-refractivity contribution in [2.75, 3.05) is 12.3 Å². The Kier molecular flexibility index (Phi) is 4.04. The summed E-state index contributed by atoms with van der Waals surface area (Å²) in [5.74, 6) is -0.391. The smallest absolute Gasteiger partial charge is 0.237 e. The van der Waals surface area contributed by atoms with Crippen LogP contribution < -0.4 is 11.5 Å². The summed E-state index contributed by atoms with van der Waals surface area (Å²) in [7, 11) is 0. The van der Waals surface area contributed by atoms with Gasteiger partial charge in [-0.1, -0.05) is 18.6 Å². The number of anilines is 1. The average molecular weight is 261 g/mol. The Hall–Kier alpha value is -2.04. The third kappa shape index (κ3) is 3.47. The lowest BCUT2D eigenvalue weighted by molar-refractivity contribution is -0.141. The quantitative estimate of drug-likeness (QED) is 0.771. The van der Waals surface area contributed by atoms with Crippen LogP contribution >= 0.6 is 0 Å². The number of rotatable bonds is 5. The van der Waals surface area contributed by atoms with E-state index in [9.17, 15) is 9.59 Å². The van der Waals surface area contributed by atoms with Crippen LogP contribution in [0.5, 0.6) is 0 Å². The van der Waals surface area contributed by atoms with Crippen LogP contribution in [0.15, 0.2) is 24.3 Å². The zero-order valence-corrected chi connectivity index (χ0v) is 10.8. The molecule has 1 aromatic rings. The van der Waals surface area contributed by atoms with Crippen molar-refractivity contribution in [1.29, 1.82) is 0 Å². The highest BCUT2D eigenvalue weighted by molar-refractivity contribution is 5.85. The molecule has 19 heavy (non-hydrogen) atoms. The summed E-state index contributed by atoms with van der Waals surface area (Å²) in [5, 5.41) is 0. The molecular weight excluding hydrogens is 242 g/mol. The van der Waals surface area contributed by atoms with E-state index in [0.29, 0.717) is 12.2 Å². The van der Waals surface area contributed by atoms with Crippen molar-refractivity contribution in [2.24, 2.45) is 11.7 Å². The van der Waals surface area contributed by atoms with Gasteiger partial charge in [-0.05, 0) is 30.5 Å². The molecule has 5 heteroatoms. The molecular formula is C14H19N3O2. The number of hydrogen-bond acceptors (Lipinski definition) is 3. The standard InChI is InChI=1S/C14H19N3O2/c15-12-6-4-10(5-7-12)8-17(9-13(16)18)14(19)11-2-1-3-11/h4-7,11H,1-3,8-9,15H2,(H2,16,18). The van der Waals surface area contributed by atoms with Crippen LogP contribution in [0.2, 0.25) is 0 Å². The molecule has 1 aromatic carbocycles. The van der Waals surface area contributed by atoms with E-state index < -0.39 is 5.91 Å². The SMILES string of the molecule is NC(=O)CN(Cc1ccc(N)cc1)C(=O)C1CCC1. The second kappa shape index (κ2) is 5.73. The van der Waals surface area contributed by atoms with Crippen molar-refractivity contribution < 1.29 is 9.59 Å². The second-order valence-electron chi connectivity index (χ2n) is 5.03. The molecule has 0 radical (unpaired) electrons. The van der Waals surface area contributed by atoms with Crippen LogP contribution in [0.3, 0.4) is 0 Å². The van der Waals surface area contributed by atoms with Gasteiger partial charge < -0.3 is 16.4 Å². The first-order valence-corrected chi connectivity index (χ1v) is 6.48. The maximum Gasteiger partial charge on any atom is 0.237 e. The third-order valence-corrected chi connectivity index (χ3v) is 3.47. The summed E-state index contributed by atoms with van der Waals surface area (Å²) in [4.78, 5) is 24.9. The first-order chi connectivity index (χ1) is 9.06. The second-order valence-corrected chi connectivity index (χ2v) is 5.03. The summed E-state index contributed by atoms with van der Waals surface area (Å²) in [5.41, 5.74) is 12.5. The van der Waals surface area contributed by atoms with Crippen molar-refractivity contribution in [3.8, 4) is 0 Å². The van der Waals surface area contributed by atoms with Crippen molar-refractivity contribution in [2.45, 2.75) is 25.8 Å². The van der Waals surface area contributed by atoms with Crippen molar-refractivity contribution in [3.05, 3.63) is 29.8 Å². The van der Waals surface area contributed by atoms with Gasteiger partial charge in [-0.15, -0.1) is 0 Å². The van der Waals surface area contributed by atoms with Gasteiger partial charge in [0.15, 0.2) is 0 Å². The molecule has 0 unspecified atom stereocenters. The number of hydrogen-bond donors (Lipinski definition) is 2. The van der Waals surface area contributed by atoms with Gasteiger partial charge in [0.2, 0.25) is 11.8 Å². The predicted molar refractivity (Wildman–Crippen MR) is 72.8 cm³/mol. The molecule has 2 amide bonds.